The lowest BCUT2D eigenvalue weighted by Gasteiger charge is -2.03. The minimum atomic E-state index is -0.0499. The van der Waals surface area contributed by atoms with Crippen molar-refractivity contribution in [1.82, 2.24) is 0 Å². The summed E-state index contributed by atoms with van der Waals surface area (Å²) in [6, 6.07) is 10.9. The molecule has 1 heterocycles. The number of hydrogen-bond acceptors (Lipinski definition) is 3. The molecule has 98 valence electrons. The Morgan fingerprint density at radius 1 is 1.37 bits per heavy atom. The third kappa shape index (κ3) is 3.94. The van der Waals surface area contributed by atoms with Crippen LogP contribution >= 0.6 is 22.9 Å². The molecule has 2 rings (SSSR count). The Morgan fingerprint density at radius 2 is 2.21 bits per heavy atom. The highest BCUT2D eigenvalue weighted by Gasteiger charge is 2.03. The zero-order valence-electron chi connectivity index (χ0n) is 10.4. The smallest absolute Gasteiger partial charge is 0.186 e. The number of hydrogen-bond donors (Lipinski definition) is 0. The van der Waals surface area contributed by atoms with Crippen LogP contribution in [0.4, 0.5) is 0 Å². The van der Waals surface area contributed by atoms with E-state index < -0.39 is 0 Å². The van der Waals surface area contributed by atoms with Gasteiger partial charge in [-0.1, -0.05) is 23.7 Å². The van der Waals surface area contributed by atoms with E-state index in [0.29, 0.717) is 22.3 Å². The molecule has 0 radical (unpaired) electrons. The number of halogens is 1. The van der Waals surface area contributed by atoms with E-state index in [1.165, 1.54) is 11.3 Å². The molecule has 0 N–H and O–H groups in total. The Kier molecular flexibility index (Phi) is 4.77. The summed E-state index contributed by atoms with van der Waals surface area (Å²) in [4.78, 5) is 13.0. The van der Waals surface area contributed by atoms with Crippen molar-refractivity contribution in [3.05, 3.63) is 57.3 Å². The number of allylic oxidation sites excluding steroid dienone is 1. The van der Waals surface area contributed by atoms with Crippen molar-refractivity contribution in [3.8, 4) is 5.75 Å². The van der Waals surface area contributed by atoms with Crippen LogP contribution in [0.15, 0.2) is 42.5 Å². The van der Waals surface area contributed by atoms with Crippen molar-refractivity contribution in [1.29, 1.82) is 0 Å². The molecule has 0 aliphatic rings. The van der Waals surface area contributed by atoms with E-state index >= 15 is 0 Å². The maximum Gasteiger partial charge on any atom is 0.186 e. The molecule has 0 fully saturated rings. The molecule has 0 atom stereocenters. The highest BCUT2D eigenvalue weighted by molar-refractivity contribution is 7.17. The van der Waals surface area contributed by atoms with Crippen LogP contribution in [-0.4, -0.2) is 12.4 Å². The summed E-state index contributed by atoms with van der Waals surface area (Å²) >= 11 is 7.27. The van der Waals surface area contributed by atoms with Crippen LogP contribution in [0, 0.1) is 0 Å². The topological polar surface area (TPSA) is 26.3 Å². The van der Waals surface area contributed by atoms with Gasteiger partial charge in [0.2, 0.25) is 0 Å². The molecule has 1 aromatic heterocycles. The molecule has 0 spiro atoms. The Balaban J connectivity index is 2.11. The van der Waals surface area contributed by atoms with E-state index in [1.54, 1.807) is 24.3 Å². The molecule has 0 saturated carbocycles. The third-order valence-electron chi connectivity index (χ3n) is 2.42. The number of ketones is 1. The summed E-state index contributed by atoms with van der Waals surface area (Å²) in [5, 5.41) is 0. The molecule has 0 aliphatic carbocycles. The minimum Gasteiger partial charge on any atom is -0.494 e. The molecule has 0 bridgehead atoms. The first-order chi connectivity index (χ1) is 9.19. The lowest BCUT2D eigenvalue weighted by atomic mass is 10.1. The molecule has 1 aromatic carbocycles. The lowest BCUT2D eigenvalue weighted by molar-refractivity contribution is 0.104. The molecule has 19 heavy (non-hydrogen) atoms. The molecule has 2 nitrogen and oxygen atoms in total. The first-order valence-corrected chi connectivity index (χ1v) is 7.09. The van der Waals surface area contributed by atoms with Crippen molar-refractivity contribution >= 4 is 34.8 Å². The van der Waals surface area contributed by atoms with Gasteiger partial charge in [-0.05, 0) is 43.3 Å². The molecule has 2 aromatic rings. The Labute approximate surface area is 121 Å². The average molecular weight is 293 g/mol. The fourth-order valence-electron chi connectivity index (χ4n) is 1.58. The van der Waals surface area contributed by atoms with Gasteiger partial charge < -0.3 is 4.74 Å². The highest BCUT2D eigenvalue weighted by Crippen LogP contribution is 2.22. The van der Waals surface area contributed by atoms with Gasteiger partial charge in [0.15, 0.2) is 5.78 Å². The quantitative estimate of drug-likeness (QED) is 0.590. The van der Waals surface area contributed by atoms with Crippen LogP contribution in [0.1, 0.15) is 22.2 Å². The van der Waals surface area contributed by atoms with E-state index in [9.17, 15) is 4.79 Å². The lowest BCUT2D eigenvalue weighted by Crippen LogP contribution is -1.96. The van der Waals surface area contributed by atoms with Crippen molar-refractivity contribution in [2.75, 3.05) is 6.61 Å². The van der Waals surface area contributed by atoms with Gasteiger partial charge in [0.05, 0.1) is 10.9 Å². The third-order valence-corrected chi connectivity index (χ3v) is 3.62. The van der Waals surface area contributed by atoms with E-state index in [4.69, 9.17) is 16.3 Å². The Hall–Kier alpha value is -1.58. The van der Waals surface area contributed by atoms with Crippen LogP contribution in [0.5, 0.6) is 5.75 Å². The zero-order chi connectivity index (χ0) is 13.7. The summed E-state index contributed by atoms with van der Waals surface area (Å²) < 4.78 is 6.08. The SMILES string of the molecule is CCOc1cccc(C(=O)/C=C/c2ccc(Cl)s2)c1. The molecule has 0 unspecified atom stereocenters. The summed E-state index contributed by atoms with van der Waals surface area (Å²) in [6.45, 7) is 2.50. The Bertz CT molecular complexity index is 602. The van der Waals surface area contributed by atoms with Gasteiger partial charge in [0, 0.05) is 10.4 Å². The van der Waals surface area contributed by atoms with Crippen LogP contribution in [0.2, 0.25) is 4.34 Å². The fraction of sp³-hybridized carbons (Fsp3) is 0.133. The van der Waals surface area contributed by atoms with Crippen LogP contribution in [0.3, 0.4) is 0 Å². The van der Waals surface area contributed by atoms with Crippen LogP contribution < -0.4 is 4.74 Å². The Morgan fingerprint density at radius 3 is 2.89 bits per heavy atom. The van der Waals surface area contributed by atoms with Crippen molar-refractivity contribution in [2.45, 2.75) is 6.92 Å². The number of carbonyl (C=O) groups excluding carboxylic acids is 1. The second-order valence-corrected chi connectivity index (χ2v) is 5.55. The van der Waals surface area contributed by atoms with Crippen LogP contribution in [0.25, 0.3) is 6.08 Å². The molecule has 0 saturated heterocycles. The molecule has 4 heteroatoms. The summed E-state index contributed by atoms with van der Waals surface area (Å²) in [5.41, 5.74) is 0.616. The zero-order valence-corrected chi connectivity index (χ0v) is 12.0. The maximum absolute atomic E-state index is 12.0. The second kappa shape index (κ2) is 6.55. The maximum atomic E-state index is 12.0. The van der Waals surface area contributed by atoms with Gasteiger partial charge in [0.1, 0.15) is 5.75 Å². The van der Waals surface area contributed by atoms with Crippen LogP contribution in [-0.2, 0) is 0 Å². The largest absolute Gasteiger partial charge is 0.494 e. The van der Waals surface area contributed by atoms with E-state index in [2.05, 4.69) is 0 Å². The summed E-state index contributed by atoms with van der Waals surface area (Å²) in [5.74, 6) is 0.659. The van der Waals surface area contributed by atoms with Gasteiger partial charge >= 0.3 is 0 Å². The molecular formula is C15H13ClO2S. The number of thiophene rings is 1. The van der Waals surface area contributed by atoms with Gasteiger partial charge in [-0.3, -0.25) is 4.79 Å². The molecular weight excluding hydrogens is 280 g/mol. The van der Waals surface area contributed by atoms with Crippen molar-refractivity contribution < 1.29 is 9.53 Å². The van der Waals surface area contributed by atoms with E-state index in [0.717, 1.165) is 4.88 Å². The van der Waals surface area contributed by atoms with Gasteiger partial charge in [0.25, 0.3) is 0 Å². The average Bonchev–Trinajstić information content (AvgIpc) is 2.82. The first kappa shape index (κ1) is 13.8. The minimum absolute atomic E-state index is 0.0499. The number of rotatable bonds is 5. The summed E-state index contributed by atoms with van der Waals surface area (Å²) in [7, 11) is 0. The van der Waals surface area contributed by atoms with Gasteiger partial charge in [-0.15, -0.1) is 11.3 Å². The number of ether oxygens (including phenoxy) is 1. The number of carbonyl (C=O) groups is 1. The monoisotopic (exact) mass is 292 g/mol. The summed E-state index contributed by atoms with van der Waals surface area (Å²) in [6.07, 6.45) is 3.32. The predicted molar refractivity (Wildman–Crippen MR) is 80.3 cm³/mol. The van der Waals surface area contributed by atoms with Crippen molar-refractivity contribution in [2.24, 2.45) is 0 Å². The van der Waals surface area contributed by atoms with E-state index in [-0.39, 0.29) is 5.78 Å². The first-order valence-electron chi connectivity index (χ1n) is 5.89. The second-order valence-electron chi connectivity index (χ2n) is 3.80. The normalized spacial score (nSPS) is 10.8. The predicted octanol–water partition coefficient (Wildman–Crippen LogP) is 4.70. The molecule has 0 amide bonds. The standard InChI is InChI=1S/C15H13ClO2S/c1-2-18-12-5-3-4-11(10-12)14(17)8-6-13-7-9-15(16)19-13/h3-10H,2H2,1H3/b8-6+. The number of benzene rings is 1. The highest BCUT2D eigenvalue weighted by atomic mass is 35.5. The molecule has 0 aliphatic heterocycles. The van der Waals surface area contributed by atoms with Crippen molar-refractivity contribution in [3.63, 3.8) is 0 Å². The van der Waals surface area contributed by atoms with E-state index in [1.807, 2.05) is 31.2 Å². The van der Waals surface area contributed by atoms with Gasteiger partial charge in [-0.2, -0.15) is 0 Å². The van der Waals surface area contributed by atoms with Gasteiger partial charge in [-0.25, -0.2) is 0 Å². The fourth-order valence-corrected chi connectivity index (χ4v) is 2.54.